The average Bonchev–Trinajstić information content (AvgIpc) is 2.73. The van der Waals surface area contributed by atoms with Gasteiger partial charge in [0, 0.05) is 56.6 Å². The predicted octanol–water partition coefficient (Wildman–Crippen LogP) is -3.29. The van der Waals surface area contributed by atoms with Crippen molar-refractivity contribution < 1.29 is 0 Å². The monoisotopic (exact) mass is 168 g/mol. The fourth-order valence-electron chi connectivity index (χ4n) is 1.33. The molecule has 0 aromatic rings. The second kappa shape index (κ2) is 4.68. The maximum Gasteiger partial charge on any atom is 0.111 e. The van der Waals surface area contributed by atoms with Crippen molar-refractivity contribution in [3.05, 3.63) is 0 Å². The van der Waals surface area contributed by atoms with Crippen LogP contribution in [0.1, 0.15) is 0 Å². The number of rotatable bonds is 0. The minimum atomic E-state index is -0.000972. The van der Waals surface area contributed by atoms with E-state index in [-0.39, 0.29) is 4.55 Å². The van der Waals surface area contributed by atoms with E-state index in [1.54, 1.807) is 0 Å². The Morgan fingerprint density at radius 2 is 1.46 bits per heavy atom. The largest absolute Gasteiger partial charge is 0.192 e. The molecular weight excluding hydrogens is 164 g/mol. The van der Waals surface area contributed by atoms with E-state index >= 15 is 0 Å². The van der Waals surface area contributed by atoms with Crippen molar-refractivity contribution in [2.75, 3.05) is 0 Å². The summed E-state index contributed by atoms with van der Waals surface area (Å²) in [6.45, 7) is 0. The Morgan fingerprint density at radius 1 is 0.846 bits per heavy atom. The van der Waals surface area contributed by atoms with E-state index in [1.165, 1.54) is 0 Å². The van der Waals surface area contributed by atoms with Crippen molar-refractivity contribution in [3.8, 4) is 0 Å². The average molecular weight is 166 g/mol. The van der Waals surface area contributed by atoms with Gasteiger partial charge < -0.3 is 0 Å². The third kappa shape index (κ3) is 2.97. The SMILES string of the molecule is S[C@@]12[B][B][B][B][B][B][B][B][B][C@@H]1[B]2. The Morgan fingerprint density at radius 3 is 2.23 bits per heavy atom. The molecule has 13 heavy (non-hydrogen) atoms. The Balaban J connectivity index is 1.79. The molecule has 11 heteroatoms. The van der Waals surface area contributed by atoms with Gasteiger partial charge in [-0.25, -0.2) is 0 Å². The van der Waals surface area contributed by atoms with E-state index in [4.69, 9.17) is 0 Å². The minimum absolute atomic E-state index is 0.000972. The topological polar surface area (TPSA) is 0 Å². The summed E-state index contributed by atoms with van der Waals surface area (Å²) in [4.78, 5) is 0. The molecule has 0 aromatic carbocycles. The summed E-state index contributed by atoms with van der Waals surface area (Å²) >= 11 is 4.57. The van der Waals surface area contributed by atoms with E-state index in [2.05, 4.69) is 41.3 Å². The van der Waals surface area contributed by atoms with Gasteiger partial charge in [0.15, 0.2) is 0 Å². The van der Waals surface area contributed by atoms with Crippen LogP contribution >= 0.6 is 12.6 Å². The summed E-state index contributed by atoms with van der Waals surface area (Å²) in [7, 11) is 20.8. The Bertz CT molecular complexity index is 174. The molecule has 10 radical (unpaired) electrons. The van der Waals surface area contributed by atoms with Gasteiger partial charge in [-0.1, -0.05) is 4.55 Å². The van der Waals surface area contributed by atoms with E-state index in [0.29, 0.717) is 5.72 Å². The first-order valence-corrected chi connectivity index (χ1v) is 4.87. The lowest BCUT2D eigenvalue weighted by Gasteiger charge is -2.08. The van der Waals surface area contributed by atoms with Crippen LogP contribution < -0.4 is 0 Å². The second-order valence-electron chi connectivity index (χ2n) is 3.29. The number of hydrogen-bond donors (Lipinski definition) is 1. The zero-order valence-corrected chi connectivity index (χ0v) is 8.19. The van der Waals surface area contributed by atoms with Crippen LogP contribution in [0, 0.1) is 0 Å². The molecule has 2 saturated heterocycles. The van der Waals surface area contributed by atoms with E-state index in [0.717, 1.165) is 0 Å². The molecule has 0 aromatic heterocycles. The summed E-state index contributed by atoms with van der Waals surface area (Å²) in [6.07, 6.45) is 0. The van der Waals surface area contributed by atoms with E-state index in [1.807, 2.05) is 42.4 Å². The molecule has 2 aliphatic rings. The van der Waals surface area contributed by atoms with E-state index < -0.39 is 0 Å². The van der Waals surface area contributed by atoms with Crippen LogP contribution in [0.15, 0.2) is 0 Å². The van der Waals surface area contributed by atoms with Gasteiger partial charge in [0.2, 0.25) is 0 Å². The second-order valence-corrected chi connectivity index (χ2v) is 4.06. The maximum atomic E-state index is 4.57. The van der Waals surface area contributed by atoms with Crippen LogP contribution in [0.3, 0.4) is 0 Å². The Kier molecular flexibility index (Phi) is 3.79. The lowest BCUT2D eigenvalue weighted by atomic mass is 8.89. The van der Waals surface area contributed by atoms with Gasteiger partial charge in [0.1, 0.15) is 7.28 Å². The van der Waals surface area contributed by atoms with Crippen molar-refractivity contribution in [3.63, 3.8) is 0 Å². The van der Waals surface area contributed by atoms with Gasteiger partial charge in [0.25, 0.3) is 0 Å². The molecule has 0 spiro atoms. The smallest absolute Gasteiger partial charge is 0.111 e. The molecule has 2 fully saturated rings. The molecule has 2 heterocycles. The highest BCUT2D eigenvalue weighted by atomic mass is 32.1. The zero-order chi connectivity index (χ0) is 9.15. The maximum absolute atomic E-state index is 4.57. The number of thiol groups is 1. The van der Waals surface area contributed by atoms with Crippen LogP contribution in [0.5, 0.6) is 0 Å². The van der Waals surface area contributed by atoms with E-state index in [9.17, 15) is 0 Å². The quantitative estimate of drug-likeness (QED) is 0.283. The summed E-state index contributed by atoms with van der Waals surface area (Å²) in [5.74, 6) is 0. The fraction of sp³-hybridized carbons (Fsp3) is 1.00. The van der Waals surface area contributed by atoms with Gasteiger partial charge in [-0.05, 0) is 0 Å². The highest BCUT2D eigenvalue weighted by Gasteiger charge is 2.49. The predicted molar refractivity (Wildman–Crippen MR) is 73.0 cm³/mol. The highest BCUT2D eigenvalue weighted by Crippen LogP contribution is 2.43. The molecule has 0 amide bonds. The summed E-state index contributed by atoms with van der Waals surface area (Å²) in [6, 6.07) is 0. The molecule has 0 unspecified atom stereocenters. The van der Waals surface area contributed by atoms with Crippen LogP contribution in [-0.4, -0.2) is 75.6 Å². The molecule has 0 bridgehead atoms. The third-order valence-electron chi connectivity index (χ3n) is 2.22. The number of fused-ring (bicyclic) bond motifs is 1. The van der Waals surface area contributed by atoms with Crippen molar-refractivity contribution in [2.45, 2.75) is 10.3 Å². The van der Waals surface area contributed by atoms with Gasteiger partial charge in [-0.15, -0.1) is 5.72 Å². The molecule has 2 rings (SSSR count). The standard InChI is InChI=1S/C2H2B10S/c13-2-1(3-2)4-6-8-10-12-11-9-7-5-2/h1,13H/t1-,2-/m0/s1. The van der Waals surface area contributed by atoms with Crippen molar-refractivity contribution in [1.29, 1.82) is 0 Å². The lowest BCUT2D eigenvalue weighted by molar-refractivity contribution is 1.39. The van der Waals surface area contributed by atoms with Gasteiger partial charge >= 0.3 is 0 Å². The molecule has 0 nitrogen and oxygen atoms in total. The third-order valence-corrected chi connectivity index (χ3v) is 2.82. The zero-order valence-electron chi connectivity index (χ0n) is 7.30. The Hall–Kier alpha value is 0.999. The van der Waals surface area contributed by atoms with Crippen LogP contribution in [-0.2, 0) is 0 Å². The normalized spacial score (nSPS) is 35.6. The van der Waals surface area contributed by atoms with Crippen molar-refractivity contribution in [1.82, 2.24) is 0 Å². The molecule has 0 aliphatic carbocycles. The van der Waals surface area contributed by atoms with Crippen LogP contribution in [0.25, 0.3) is 0 Å². The van der Waals surface area contributed by atoms with Crippen LogP contribution in [0.4, 0.5) is 0 Å². The summed E-state index contributed by atoms with van der Waals surface area (Å²) in [5, 5.41) is 0. The van der Waals surface area contributed by atoms with Crippen LogP contribution in [0.2, 0.25) is 5.72 Å². The Labute approximate surface area is 94.0 Å². The summed E-state index contributed by atoms with van der Waals surface area (Å²) in [5.41, 5.74) is 0.489. The molecule has 46 valence electrons. The van der Waals surface area contributed by atoms with Gasteiger partial charge in [-0.2, -0.15) is 12.6 Å². The molecule has 0 saturated carbocycles. The summed E-state index contributed by atoms with van der Waals surface area (Å²) < 4.78 is -0.000972. The fourth-order valence-corrected chi connectivity index (χ4v) is 1.66. The lowest BCUT2D eigenvalue weighted by Crippen LogP contribution is -2.32. The highest BCUT2D eigenvalue weighted by molar-refractivity contribution is 7.89. The van der Waals surface area contributed by atoms with Gasteiger partial charge in [-0.3, -0.25) is 0 Å². The molecule has 2 atom stereocenters. The first-order chi connectivity index (χ1) is 6.31. The van der Waals surface area contributed by atoms with Gasteiger partial charge in [0.05, 0.1) is 7.17 Å². The molecule has 2 aliphatic heterocycles. The van der Waals surface area contributed by atoms with Crippen molar-refractivity contribution >= 4 is 83.7 Å². The molecular formula is C2H2B10S. The number of hydrogen-bond acceptors (Lipinski definition) is 1. The first-order valence-electron chi connectivity index (χ1n) is 4.42. The molecule has 0 N–H and O–H groups in total. The first kappa shape index (κ1) is 10.5. The minimum Gasteiger partial charge on any atom is -0.192 e. The van der Waals surface area contributed by atoms with Crippen molar-refractivity contribution in [2.24, 2.45) is 0 Å².